The summed E-state index contributed by atoms with van der Waals surface area (Å²) in [6, 6.07) is 0. The summed E-state index contributed by atoms with van der Waals surface area (Å²) in [5, 5.41) is 3.03. The third kappa shape index (κ3) is 1.32. The molecule has 2 aliphatic rings. The molecule has 2 aliphatic heterocycles. The minimum absolute atomic E-state index is 0.417. The molecule has 0 saturated carbocycles. The molecule has 0 aromatic carbocycles. The van der Waals surface area contributed by atoms with Crippen LogP contribution in [0.2, 0.25) is 0 Å². The van der Waals surface area contributed by atoms with Crippen LogP contribution in [0.15, 0.2) is 28.5 Å². The predicted octanol–water partition coefficient (Wildman–Crippen LogP) is 0.226. The fraction of sp³-hybridized carbons (Fsp3) is 0.500. The number of nitrogens with two attached hydrogens (primary N) is 2. The average molecular weight is 192 g/mol. The minimum Gasteiger partial charge on any atom is -0.385 e. The summed E-state index contributed by atoms with van der Waals surface area (Å²) in [6.07, 6.45) is 5.90. The number of nitrogens with zero attached hydrogens (tertiary/aromatic N) is 1. The van der Waals surface area contributed by atoms with Crippen molar-refractivity contribution in [2.45, 2.75) is 25.3 Å². The molecule has 0 spiro atoms. The first-order chi connectivity index (χ1) is 6.65. The van der Waals surface area contributed by atoms with Crippen LogP contribution in [0.25, 0.3) is 0 Å². The zero-order valence-corrected chi connectivity index (χ0v) is 8.38. The summed E-state index contributed by atoms with van der Waals surface area (Å²) in [4.78, 5) is 4.30. The summed E-state index contributed by atoms with van der Waals surface area (Å²) >= 11 is 0. The van der Waals surface area contributed by atoms with Crippen molar-refractivity contribution in [3.05, 3.63) is 23.5 Å². The first-order valence-electron chi connectivity index (χ1n) is 4.95. The van der Waals surface area contributed by atoms with Gasteiger partial charge >= 0.3 is 0 Å². The lowest BCUT2D eigenvalue weighted by Crippen LogP contribution is -2.50. The second-order valence-electron chi connectivity index (χ2n) is 3.82. The monoisotopic (exact) mass is 192 g/mol. The van der Waals surface area contributed by atoms with Crippen LogP contribution in [0.5, 0.6) is 0 Å². The highest BCUT2D eigenvalue weighted by molar-refractivity contribution is 6.04. The van der Waals surface area contributed by atoms with Crippen LogP contribution in [0.1, 0.15) is 19.8 Å². The van der Waals surface area contributed by atoms with Gasteiger partial charge in [0.05, 0.1) is 17.9 Å². The Hall–Kier alpha value is -1.29. The summed E-state index contributed by atoms with van der Waals surface area (Å²) in [6.45, 7) is 2.83. The van der Waals surface area contributed by atoms with E-state index in [2.05, 4.69) is 23.3 Å². The highest BCUT2D eigenvalue weighted by Gasteiger charge is 2.35. The maximum absolute atomic E-state index is 6.30. The van der Waals surface area contributed by atoms with Crippen molar-refractivity contribution in [3.8, 4) is 0 Å². The molecule has 2 heterocycles. The normalized spacial score (nSPS) is 30.0. The third-order valence-corrected chi connectivity index (χ3v) is 2.64. The Kier molecular flexibility index (Phi) is 2.07. The van der Waals surface area contributed by atoms with Crippen LogP contribution in [0.4, 0.5) is 0 Å². The highest BCUT2D eigenvalue weighted by Crippen LogP contribution is 2.28. The highest BCUT2D eigenvalue weighted by atomic mass is 15.1. The van der Waals surface area contributed by atoms with Gasteiger partial charge in [0.25, 0.3) is 0 Å². The number of hydrogen-bond donors (Lipinski definition) is 3. The van der Waals surface area contributed by atoms with E-state index >= 15 is 0 Å². The molecule has 14 heavy (non-hydrogen) atoms. The van der Waals surface area contributed by atoms with Gasteiger partial charge in [-0.25, -0.2) is 0 Å². The van der Waals surface area contributed by atoms with Gasteiger partial charge in [-0.1, -0.05) is 19.4 Å². The van der Waals surface area contributed by atoms with Gasteiger partial charge in [-0.2, -0.15) is 0 Å². The zero-order chi connectivity index (χ0) is 10.2. The van der Waals surface area contributed by atoms with Gasteiger partial charge < -0.3 is 16.8 Å². The largest absolute Gasteiger partial charge is 0.385 e. The third-order valence-electron chi connectivity index (χ3n) is 2.64. The summed E-state index contributed by atoms with van der Waals surface area (Å²) in [5.74, 6) is 1.46. The van der Waals surface area contributed by atoms with Crippen molar-refractivity contribution in [2.24, 2.45) is 16.5 Å². The van der Waals surface area contributed by atoms with E-state index in [1.165, 1.54) is 0 Å². The van der Waals surface area contributed by atoms with E-state index in [1.807, 2.05) is 6.08 Å². The van der Waals surface area contributed by atoms with E-state index in [-0.39, 0.29) is 0 Å². The van der Waals surface area contributed by atoms with E-state index < -0.39 is 5.54 Å². The number of aliphatic imine (C=N–C) groups is 1. The zero-order valence-electron chi connectivity index (χ0n) is 8.38. The van der Waals surface area contributed by atoms with Crippen LogP contribution in [0.3, 0.4) is 0 Å². The fourth-order valence-corrected chi connectivity index (χ4v) is 2.08. The van der Waals surface area contributed by atoms with Crippen molar-refractivity contribution >= 4 is 5.84 Å². The molecule has 0 radical (unpaired) electrons. The smallest absolute Gasteiger partial charge is 0.131 e. The molecular formula is C10H16N4. The molecule has 2 rings (SSSR count). The minimum atomic E-state index is -0.417. The van der Waals surface area contributed by atoms with E-state index in [0.29, 0.717) is 12.4 Å². The van der Waals surface area contributed by atoms with Gasteiger partial charge in [-0.15, -0.1) is 0 Å². The van der Waals surface area contributed by atoms with Gasteiger partial charge in [-0.3, -0.25) is 4.99 Å². The Bertz CT molecular complexity index is 340. The Morgan fingerprint density at radius 1 is 1.64 bits per heavy atom. The summed E-state index contributed by atoms with van der Waals surface area (Å²) < 4.78 is 0. The maximum atomic E-state index is 6.30. The number of rotatable bonds is 2. The number of hydrogen-bond acceptors (Lipinski definition) is 4. The molecule has 4 heteroatoms. The first-order valence-corrected chi connectivity index (χ1v) is 4.95. The Morgan fingerprint density at radius 2 is 2.43 bits per heavy atom. The lowest BCUT2D eigenvalue weighted by molar-refractivity contribution is 0.552. The molecule has 0 saturated heterocycles. The van der Waals surface area contributed by atoms with Crippen LogP contribution in [0, 0.1) is 0 Å². The molecule has 1 unspecified atom stereocenters. The molecule has 4 nitrogen and oxygen atoms in total. The molecule has 0 fully saturated rings. The van der Waals surface area contributed by atoms with Crippen LogP contribution in [-0.2, 0) is 0 Å². The van der Waals surface area contributed by atoms with Crippen LogP contribution in [-0.4, -0.2) is 17.9 Å². The van der Waals surface area contributed by atoms with Gasteiger partial charge in [0.1, 0.15) is 5.84 Å². The second kappa shape index (κ2) is 3.13. The van der Waals surface area contributed by atoms with Gasteiger partial charge in [0, 0.05) is 5.57 Å². The van der Waals surface area contributed by atoms with E-state index in [9.17, 15) is 0 Å². The molecule has 1 atom stereocenters. The topological polar surface area (TPSA) is 76.4 Å². The number of amidine groups is 1. The van der Waals surface area contributed by atoms with Crippen molar-refractivity contribution < 1.29 is 0 Å². The quantitative estimate of drug-likeness (QED) is 0.586. The fourth-order valence-electron chi connectivity index (χ4n) is 2.08. The van der Waals surface area contributed by atoms with Crippen molar-refractivity contribution in [1.82, 2.24) is 5.32 Å². The molecule has 0 aromatic rings. The summed E-state index contributed by atoms with van der Waals surface area (Å²) in [5.41, 5.74) is 12.7. The SMILES string of the molecule is CCCC1(N)C=C(N)NC2=NCC=C21. The van der Waals surface area contributed by atoms with Crippen LogP contribution >= 0.6 is 0 Å². The van der Waals surface area contributed by atoms with E-state index in [0.717, 1.165) is 24.3 Å². The number of fused-ring (bicyclic) bond motifs is 1. The van der Waals surface area contributed by atoms with Crippen molar-refractivity contribution in [1.29, 1.82) is 0 Å². The number of nitrogens with one attached hydrogen (secondary N) is 1. The van der Waals surface area contributed by atoms with Gasteiger partial charge in [0.2, 0.25) is 0 Å². The van der Waals surface area contributed by atoms with E-state index in [1.54, 1.807) is 0 Å². The van der Waals surface area contributed by atoms with Crippen molar-refractivity contribution in [3.63, 3.8) is 0 Å². The Balaban J connectivity index is 2.39. The first kappa shape index (κ1) is 9.27. The van der Waals surface area contributed by atoms with Crippen molar-refractivity contribution in [2.75, 3.05) is 6.54 Å². The molecule has 76 valence electrons. The maximum Gasteiger partial charge on any atom is 0.131 e. The Morgan fingerprint density at radius 3 is 3.14 bits per heavy atom. The van der Waals surface area contributed by atoms with E-state index in [4.69, 9.17) is 11.5 Å². The molecule has 0 aromatic heterocycles. The van der Waals surface area contributed by atoms with Gasteiger partial charge in [-0.05, 0) is 12.5 Å². The molecule has 0 aliphatic carbocycles. The lowest BCUT2D eigenvalue weighted by atomic mass is 9.83. The average Bonchev–Trinajstić information content (AvgIpc) is 2.52. The van der Waals surface area contributed by atoms with Crippen LogP contribution < -0.4 is 16.8 Å². The summed E-state index contributed by atoms with van der Waals surface area (Å²) in [7, 11) is 0. The lowest BCUT2D eigenvalue weighted by Gasteiger charge is -2.33. The second-order valence-corrected chi connectivity index (χ2v) is 3.82. The molecule has 5 N–H and O–H groups in total. The molecule has 0 bridgehead atoms. The van der Waals surface area contributed by atoms with Gasteiger partial charge in [0.15, 0.2) is 0 Å². The molecular weight excluding hydrogens is 176 g/mol. The molecule has 0 amide bonds. The Labute approximate surface area is 83.8 Å². The standard InChI is InChI=1S/C10H16N4/c1-2-4-10(12)6-8(11)14-9-7(10)3-5-13-9/h3,6H,2,4-5,11-12H2,1H3,(H,13,14). The predicted molar refractivity (Wildman–Crippen MR) is 57.6 cm³/mol.